The van der Waals surface area contributed by atoms with Gasteiger partial charge in [0.1, 0.15) is 19.8 Å². The van der Waals surface area contributed by atoms with Crippen LogP contribution >= 0.6 is 31.3 Å². The molecule has 0 aliphatic heterocycles. The largest absolute Gasteiger partial charge is 0.472 e. The normalized spacial score (nSPS) is 13.2. The highest BCUT2D eigenvalue weighted by atomic mass is 32.2. The third-order valence-electron chi connectivity index (χ3n) is 12.4. The Morgan fingerprint density at radius 1 is 0.455 bits per heavy atom. The van der Waals surface area contributed by atoms with Crippen molar-refractivity contribution in [2.45, 2.75) is 264 Å². The van der Waals surface area contributed by atoms with Crippen LogP contribution in [-0.4, -0.2) is 97.9 Å². The topological polar surface area (TPSA) is 108 Å². The molecular weight excluding hydrogens is 886 g/mol. The summed E-state index contributed by atoms with van der Waals surface area (Å²) in [5.41, 5.74) is 0. The van der Waals surface area contributed by atoms with E-state index in [1.807, 2.05) is 21.1 Å². The number of likely N-dealkylation sites (N-methyl/N-ethyl adjacent to an activating group) is 1. The number of phosphoric acid groups is 1. The predicted molar refractivity (Wildman–Crippen MR) is 287 cm³/mol. The molecule has 2 atom stereocenters. The summed E-state index contributed by atoms with van der Waals surface area (Å²) in [6.07, 6.45) is 48.5. The van der Waals surface area contributed by atoms with Crippen LogP contribution in [0.25, 0.3) is 0 Å². The molecule has 0 bridgehead atoms. The minimum absolute atomic E-state index is 0.0323. The molecule has 0 aromatic carbocycles. The van der Waals surface area contributed by atoms with E-state index in [1.54, 1.807) is 23.5 Å². The minimum atomic E-state index is -4.38. The molecule has 0 fully saturated rings. The van der Waals surface area contributed by atoms with Crippen LogP contribution in [-0.2, 0) is 32.7 Å². The summed E-state index contributed by atoms with van der Waals surface area (Å²) < 4.78 is 34.5. The van der Waals surface area contributed by atoms with Crippen molar-refractivity contribution in [3.63, 3.8) is 0 Å². The summed E-state index contributed by atoms with van der Waals surface area (Å²) in [5, 5.41) is 0. The average molecular weight is 996 g/mol. The summed E-state index contributed by atoms with van der Waals surface area (Å²) in [5.74, 6) is 2.51. The van der Waals surface area contributed by atoms with Crippen molar-refractivity contribution >= 4 is 43.3 Å². The van der Waals surface area contributed by atoms with Crippen molar-refractivity contribution in [1.29, 1.82) is 0 Å². The van der Waals surface area contributed by atoms with E-state index in [4.69, 9.17) is 18.5 Å². The fourth-order valence-electron chi connectivity index (χ4n) is 7.99. The molecule has 0 heterocycles. The van der Waals surface area contributed by atoms with E-state index in [2.05, 4.69) is 13.8 Å². The lowest BCUT2D eigenvalue weighted by Crippen LogP contribution is -2.37. The van der Waals surface area contributed by atoms with Crippen LogP contribution in [0, 0.1) is 0 Å². The Balaban J connectivity index is 4.12. The number of carbonyl (C=O) groups excluding carboxylic acids is 2. The first-order valence-electron chi connectivity index (χ1n) is 27.9. The van der Waals surface area contributed by atoms with Crippen LogP contribution in [0.4, 0.5) is 0 Å². The first-order chi connectivity index (χ1) is 32.0. The third-order valence-corrected chi connectivity index (χ3v) is 15.5. The molecular formula is C54H109NO8PS2+. The van der Waals surface area contributed by atoms with E-state index in [9.17, 15) is 19.0 Å². The van der Waals surface area contributed by atoms with Crippen molar-refractivity contribution < 1.29 is 42.1 Å². The number of nitrogens with zero attached hydrogens (tertiary/aromatic N) is 1. The van der Waals surface area contributed by atoms with Crippen molar-refractivity contribution in [3.8, 4) is 0 Å². The van der Waals surface area contributed by atoms with Gasteiger partial charge in [-0.2, -0.15) is 23.5 Å². The van der Waals surface area contributed by atoms with Gasteiger partial charge in [-0.05, 0) is 24.3 Å². The molecule has 0 radical (unpaired) electrons. The quantitative estimate of drug-likeness (QED) is 0.0274. The Kier molecular flexibility index (Phi) is 49.5. The van der Waals surface area contributed by atoms with Crippen LogP contribution in [0.1, 0.15) is 258 Å². The van der Waals surface area contributed by atoms with Gasteiger partial charge in [0.05, 0.1) is 40.6 Å². The Bertz CT molecular complexity index is 1100. The molecule has 66 heavy (non-hydrogen) atoms. The van der Waals surface area contributed by atoms with Gasteiger partial charge in [-0.25, -0.2) is 4.57 Å². The maximum Gasteiger partial charge on any atom is 0.472 e. The minimum Gasteiger partial charge on any atom is -0.462 e. The van der Waals surface area contributed by atoms with Crippen molar-refractivity contribution in [1.82, 2.24) is 0 Å². The standard InChI is InChI=1S/C54H108NO8PS2/c1-6-8-10-12-14-16-18-20-22-24-26-28-30-32-34-36-38-40-46-65-48-42-53(56)60-50-52(51-62-64(58,59)61-45-44-55(3,4)5)63-54(57)43-49-66-47-41-39-37-35-33-31-29-27-25-23-21-19-17-15-13-11-9-7-2/h52H,6-51H2,1-5H3/p+1. The summed E-state index contributed by atoms with van der Waals surface area (Å²) >= 11 is 3.51. The monoisotopic (exact) mass is 995 g/mol. The van der Waals surface area contributed by atoms with Gasteiger partial charge >= 0.3 is 19.8 Å². The fraction of sp³-hybridized carbons (Fsp3) is 0.963. The lowest BCUT2D eigenvalue weighted by molar-refractivity contribution is -0.870. The van der Waals surface area contributed by atoms with Crippen LogP contribution < -0.4 is 0 Å². The molecule has 0 amide bonds. The molecule has 1 N–H and O–H groups in total. The molecule has 12 heteroatoms. The zero-order valence-electron chi connectivity index (χ0n) is 44.1. The molecule has 394 valence electrons. The molecule has 9 nitrogen and oxygen atoms in total. The molecule has 2 unspecified atom stereocenters. The molecule has 0 aliphatic carbocycles. The van der Waals surface area contributed by atoms with E-state index in [1.165, 1.54) is 218 Å². The Morgan fingerprint density at radius 2 is 0.773 bits per heavy atom. The third kappa shape index (κ3) is 53.1. The molecule has 0 aromatic heterocycles. The van der Waals surface area contributed by atoms with Crippen LogP contribution in [0.3, 0.4) is 0 Å². The van der Waals surface area contributed by atoms with Gasteiger partial charge in [0.15, 0.2) is 6.10 Å². The van der Waals surface area contributed by atoms with Crippen LogP contribution in [0.5, 0.6) is 0 Å². The maximum absolute atomic E-state index is 12.8. The molecule has 0 aliphatic rings. The number of hydrogen-bond acceptors (Lipinski definition) is 9. The highest BCUT2D eigenvalue weighted by molar-refractivity contribution is 7.99. The molecule has 0 spiro atoms. The number of rotatable bonds is 54. The number of carbonyl (C=O) groups is 2. The number of ether oxygens (including phenoxy) is 2. The van der Waals surface area contributed by atoms with Gasteiger partial charge in [-0.15, -0.1) is 0 Å². The second kappa shape index (κ2) is 49.7. The van der Waals surface area contributed by atoms with E-state index >= 15 is 0 Å². The second-order valence-electron chi connectivity index (χ2n) is 20.2. The summed E-state index contributed by atoms with van der Waals surface area (Å²) in [6.45, 7) is 4.47. The van der Waals surface area contributed by atoms with E-state index in [0.717, 1.165) is 24.3 Å². The predicted octanol–water partition coefficient (Wildman–Crippen LogP) is 16.6. The Morgan fingerprint density at radius 3 is 1.11 bits per heavy atom. The van der Waals surface area contributed by atoms with E-state index < -0.39 is 26.5 Å². The zero-order valence-corrected chi connectivity index (χ0v) is 46.6. The van der Waals surface area contributed by atoms with E-state index in [0.29, 0.717) is 22.5 Å². The second-order valence-corrected chi connectivity index (χ2v) is 24.1. The highest BCUT2D eigenvalue weighted by Crippen LogP contribution is 2.43. The maximum atomic E-state index is 12.8. The Labute approximate surface area is 417 Å². The van der Waals surface area contributed by atoms with Gasteiger partial charge in [-0.3, -0.25) is 18.6 Å². The lowest BCUT2D eigenvalue weighted by Gasteiger charge is -2.24. The lowest BCUT2D eigenvalue weighted by atomic mass is 10.0. The average Bonchev–Trinajstić information content (AvgIpc) is 3.27. The van der Waals surface area contributed by atoms with E-state index in [-0.39, 0.29) is 32.0 Å². The summed E-state index contributed by atoms with van der Waals surface area (Å²) in [7, 11) is 1.48. The van der Waals surface area contributed by atoms with Gasteiger partial charge in [0.2, 0.25) is 0 Å². The number of phosphoric ester groups is 1. The van der Waals surface area contributed by atoms with Crippen molar-refractivity contribution in [2.24, 2.45) is 0 Å². The number of esters is 2. The fourth-order valence-corrected chi connectivity index (χ4v) is 10.6. The summed E-state index contributed by atoms with van der Waals surface area (Å²) in [4.78, 5) is 35.6. The van der Waals surface area contributed by atoms with Crippen LogP contribution in [0.2, 0.25) is 0 Å². The smallest absolute Gasteiger partial charge is 0.462 e. The van der Waals surface area contributed by atoms with Gasteiger partial charge in [-0.1, -0.05) is 232 Å². The van der Waals surface area contributed by atoms with Crippen molar-refractivity contribution in [3.05, 3.63) is 0 Å². The number of unbranched alkanes of at least 4 members (excludes halogenated alkanes) is 34. The first kappa shape index (κ1) is 65.7. The Hall–Kier alpha value is -0.290. The summed E-state index contributed by atoms with van der Waals surface area (Å²) in [6, 6.07) is 0. The molecule has 0 rings (SSSR count). The molecule has 0 saturated carbocycles. The molecule has 0 aromatic rings. The zero-order chi connectivity index (χ0) is 48.5. The van der Waals surface area contributed by atoms with Gasteiger partial charge < -0.3 is 18.9 Å². The SMILES string of the molecule is CCCCCCCCCCCCCCCCCCCCSCCC(=O)OCC(COP(=O)(O)OCC[N+](C)(C)C)OC(=O)CCSCCCCCCCCCCCCCCCCCCCC. The van der Waals surface area contributed by atoms with Gasteiger partial charge in [0, 0.05) is 11.5 Å². The number of quaternary nitrogens is 1. The van der Waals surface area contributed by atoms with Gasteiger partial charge in [0.25, 0.3) is 0 Å². The highest BCUT2D eigenvalue weighted by Gasteiger charge is 2.27. The number of hydrogen-bond donors (Lipinski definition) is 1. The van der Waals surface area contributed by atoms with Crippen LogP contribution in [0.15, 0.2) is 0 Å². The number of thioether (sulfide) groups is 2. The first-order valence-corrected chi connectivity index (χ1v) is 31.7. The molecule has 0 saturated heterocycles. The van der Waals surface area contributed by atoms with Crippen molar-refractivity contribution in [2.75, 3.05) is 70.5 Å².